The number of hydrogen-bond acceptors (Lipinski definition) is 6. The lowest BCUT2D eigenvalue weighted by molar-refractivity contribution is -0.138. The van der Waals surface area contributed by atoms with Crippen molar-refractivity contribution in [1.29, 1.82) is 0 Å². The first-order valence-corrected chi connectivity index (χ1v) is 13.2. The van der Waals surface area contributed by atoms with Gasteiger partial charge in [-0.1, -0.05) is 44.2 Å². The summed E-state index contributed by atoms with van der Waals surface area (Å²) in [4.78, 5) is 58.9. The zero-order valence-corrected chi connectivity index (χ0v) is 22.1. The predicted octanol–water partition coefficient (Wildman–Crippen LogP) is 2.50. The zero-order valence-electron chi connectivity index (χ0n) is 21.3. The molecule has 1 aromatic carbocycles. The number of carbonyl (C=O) groups is 4. The number of nitrogens with one attached hydrogen (secondary N) is 1. The Morgan fingerprint density at radius 1 is 1.08 bits per heavy atom. The minimum atomic E-state index is -0.738. The van der Waals surface area contributed by atoms with Crippen molar-refractivity contribution in [3.05, 3.63) is 47.3 Å². The number of nitrogens with zero attached hydrogens (tertiary/aromatic N) is 3. The average Bonchev–Trinajstić information content (AvgIpc) is 3.55. The number of ketones is 1. The third-order valence-electron chi connectivity index (χ3n) is 6.68. The fraction of sp³-hybridized carbons (Fsp3) is 0.481. The highest BCUT2D eigenvalue weighted by atomic mass is 32.1. The molecule has 2 aromatic rings. The van der Waals surface area contributed by atoms with E-state index >= 15 is 0 Å². The van der Waals surface area contributed by atoms with Crippen LogP contribution in [0.5, 0.6) is 0 Å². The minimum Gasteiger partial charge on any atom is -0.340 e. The first-order chi connectivity index (χ1) is 17.2. The van der Waals surface area contributed by atoms with Gasteiger partial charge < -0.3 is 20.0 Å². The fourth-order valence-electron chi connectivity index (χ4n) is 5.09. The van der Waals surface area contributed by atoms with E-state index < -0.39 is 12.1 Å². The Labute approximate surface area is 216 Å². The average molecular weight is 511 g/mol. The maximum atomic E-state index is 13.7. The second kappa shape index (κ2) is 10.9. The van der Waals surface area contributed by atoms with Crippen molar-refractivity contribution >= 4 is 34.8 Å². The van der Waals surface area contributed by atoms with E-state index in [0.29, 0.717) is 24.3 Å². The third-order valence-corrected chi connectivity index (χ3v) is 7.81. The Kier molecular flexibility index (Phi) is 7.90. The van der Waals surface area contributed by atoms with Gasteiger partial charge in [-0.25, -0.2) is 0 Å². The van der Waals surface area contributed by atoms with Gasteiger partial charge in [0.25, 0.3) is 5.91 Å². The number of rotatable bonds is 8. The quantitative estimate of drug-likeness (QED) is 0.590. The number of thiophene rings is 1. The molecule has 8 nitrogen and oxygen atoms in total. The molecule has 1 aromatic heterocycles. The summed E-state index contributed by atoms with van der Waals surface area (Å²) in [6.45, 7) is 4.65. The topological polar surface area (TPSA) is 90.0 Å². The van der Waals surface area contributed by atoms with Crippen molar-refractivity contribution in [2.24, 2.45) is 5.92 Å². The molecule has 2 aliphatic rings. The van der Waals surface area contributed by atoms with E-state index in [2.05, 4.69) is 5.32 Å². The summed E-state index contributed by atoms with van der Waals surface area (Å²) >= 11 is 1.38. The van der Waals surface area contributed by atoms with E-state index in [-0.39, 0.29) is 48.6 Å². The molecule has 0 bridgehead atoms. The first-order valence-electron chi connectivity index (χ1n) is 12.4. The lowest BCUT2D eigenvalue weighted by Crippen LogP contribution is -2.53. The molecule has 192 valence electrons. The maximum absolute atomic E-state index is 13.7. The van der Waals surface area contributed by atoms with Gasteiger partial charge in [0.2, 0.25) is 11.8 Å². The summed E-state index contributed by atoms with van der Waals surface area (Å²) in [7, 11) is 3.63. The molecule has 2 aliphatic heterocycles. The Bertz CT molecular complexity index is 1130. The van der Waals surface area contributed by atoms with Crippen LogP contribution in [0.3, 0.4) is 0 Å². The number of benzene rings is 1. The molecule has 2 saturated heterocycles. The van der Waals surface area contributed by atoms with Crippen LogP contribution in [-0.2, 0) is 14.4 Å². The molecular weight excluding hydrogens is 476 g/mol. The van der Waals surface area contributed by atoms with Crippen molar-refractivity contribution in [3.8, 4) is 10.4 Å². The SMILES string of the molecule is CC(C)CC(NC(=O)c1ccc(-c2ccccc2)s1)C(=O)N1CCC2C1C(=O)CN2C(=O)CN(C)C. The third kappa shape index (κ3) is 5.52. The molecule has 1 N–H and O–H groups in total. The number of amides is 3. The second-order valence-corrected chi connectivity index (χ2v) is 11.3. The van der Waals surface area contributed by atoms with E-state index in [1.165, 1.54) is 11.3 Å². The molecule has 3 unspecified atom stereocenters. The summed E-state index contributed by atoms with van der Waals surface area (Å²) in [5.41, 5.74) is 1.03. The Morgan fingerprint density at radius 2 is 1.81 bits per heavy atom. The lowest BCUT2D eigenvalue weighted by atomic mass is 10.0. The Morgan fingerprint density at radius 3 is 2.47 bits per heavy atom. The molecular formula is C27H34N4O4S. The highest BCUT2D eigenvalue weighted by Gasteiger charge is 2.52. The molecule has 4 rings (SSSR count). The molecule has 0 spiro atoms. The van der Waals surface area contributed by atoms with Gasteiger partial charge in [0.05, 0.1) is 24.0 Å². The molecule has 0 radical (unpaired) electrons. The highest BCUT2D eigenvalue weighted by Crippen LogP contribution is 2.31. The Hall–Kier alpha value is -3.04. The summed E-state index contributed by atoms with van der Waals surface area (Å²) in [5.74, 6) is -0.595. The van der Waals surface area contributed by atoms with Crippen molar-refractivity contribution in [2.75, 3.05) is 33.7 Å². The molecule has 36 heavy (non-hydrogen) atoms. The molecule has 3 amide bonds. The number of fused-ring (bicyclic) bond motifs is 1. The smallest absolute Gasteiger partial charge is 0.262 e. The van der Waals surface area contributed by atoms with Crippen LogP contribution in [0.1, 0.15) is 36.4 Å². The second-order valence-electron chi connectivity index (χ2n) is 10.2. The van der Waals surface area contributed by atoms with Gasteiger partial charge in [-0.2, -0.15) is 0 Å². The number of Topliss-reactive ketones (excluding diaryl/α,β-unsaturated/α-hetero) is 1. The van der Waals surface area contributed by atoms with Crippen LogP contribution in [0.2, 0.25) is 0 Å². The van der Waals surface area contributed by atoms with Crippen LogP contribution in [0.25, 0.3) is 10.4 Å². The summed E-state index contributed by atoms with van der Waals surface area (Å²) in [6, 6.07) is 11.9. The van der Waals surface area contributed by atoms with Crippen LogP contribution in [0, 0.1) is 5.92 Å². The molecule has 3 atom stereocenters. The number of likely N-dealkylation sites (N-methyl/N-ethyl adjacent to an activating group) is 1. The molecule has 0 saturated carbocycles. The van der Waals surface area contributed by atoms with Crippen LogP contribution in [-0.4, -0.2) is 90.1 Å². The van der Waals surface area contributed by atoms with E-state index in [0.717, 1.165) is 10.4 Å². The van der Waals surface area contributed by atoms with Crippen molar-refractivity contribution < 1.29 is 19.2 Å². The molecule has 2 fully saturated rings. The lowest BCUT2D eigenvalue weighted by Gasteiger charge is -2.29. The number of likely N-dealkylation sites (tertiary alicyclic amines) is 2. The highest BCUT2D eigenvalue weighted by molar-refractivity contribution is 7.17. The van der Waals surface area contributed by atoms with Crippen molar-refractivity contribution in [2.45, 2.75) is 44.8 Å². The zero-order chi connectivity index (χ0) is 26.0. The van der Waals surface area contributed by atoms with Crippen molar-refractivity contribution in [1.82, 2.24) is 20.0 Å². The summed E-state index contributed by atoms with van der Waals surface area (Å²) < 4.78 is 0. The van der Waals surface area contributed by atoms with Gasteiger partial charge in [-0.05, 0) is 50.6 Å². The Balaban J connectivity index is 1.48. The van der Waals surface area contributed by atoms with Crippen LogP contribution in [0.4, 0.5) is 0 Å². The fourth-order valence-corrected chi connectivity index (χ4v) is 6.01. The molecule has 9 heteroatoms. The van der Waals surface area contributed by atoms with Gasteiger partial charge in [-0.15, -0.1) is 11.3 Å². The van der Waals surface area contributed by atoms with Gasteiger partial charge in [0, 0.05) is 11.4 Å². The standard InChI is InChI=1S/C27H34N4O4S/c1-17(2)14-19(28-26(34)23-11-10-22(36-23)18-8-6-5-7-9-18)27(35)30-13-12-20-25(30)21(32)15-31(20)24(33)16-29(3)4/h5-11,17,19-20,25H,12-16H2,1-4H3,(H,28,34). The van der Waals surface area contributed by atoms with E-state index in [4.69, 9.17) is 0 Å². The van der Waals surface area contributed by atoms with Gasteiger partial charge in [0.15, 0.2) is 5.78 Å². The first kappa shape index (κ1) is 26.0. The minimum absolute atomic E-state index is 0.0322. The monoisotopic (exact) mass is 510 g/mol. The molecule has 0 aliphatic carbocycles. The van der Waals surface area contributed by atoms with E-state index in [1.807, 2.05) is 64.3 Å². The van der Waals surface area contributed by atoms with Gasteiger partial charge in [-0.3, -0.25) is 19.2 Å². The number of carbonyl (C=O) groups excluding carboxylic acids is 4. The van der Waals surface area contributed by atoms with Crippen LogP contribution in [0.15, 0.2) is 42.5 Å². The number of hydrogen-bond donors (Lipinski definition) is 1. The molecule has 3 heterocycles. The van der Waals surface area contributed by atoms with E-state index in [9.17, 15) is 19.2 Å². The van der Waals surface area contributed by atoms with Gasteiger partial charge in [0.1, 0.15) is 12.1 Å². The maximum Gasteiger partial charge on any atom is 0.262 e. The van der Waals surface area contributed by atoms with Crippen LogP contribution >= 0.6 is 11.3 Å². The van der Waals surface area contributed by atoms with Crippen molar-refractivity contribution in [3.63, 3.8) is 0 Å². The summed E-state index contributed by atoms with van der Waals surface area (Å²) in [6.07, 6.45) is 1.03. The van der Waals surface area contributed by atoms with E-state index in [1.54, 1.807) is 20.8 Å². The summed E-state index contributed by atoms with van der Waals surface area (Å²) in [5, 5.41) is 2.94. The van der Waals surface area contributed by atoms with Gasteiger partial charge >= 0.3 is 0 Å². The largest absolute Gasteiger partial charge is 0.340 e. The van der Waals surface area contributed by atoms with Crippen LogP contribution < -0.4 is 5.32 Å². The normalized spacial score (nSPS) is 20.2. The predicted molar refractivity (Wildman–Crippen MR) is 140 cm³/mol.